The van der Waals surface area contributed by atoms with E-state index in [-0.39, 0.29) is 11.5 Å². The molecule has 1 amide bonds. The highest BCUT2D eigenvalue weighted by Gasteiger charge is 2.41. The molecular formula is C11H19NO2. The molecule has 0 saturated carbocycles. The Morgan fingerprint density at radius 1 is 1.43 bits per heavy atom. The van der Waals surface area contributed by atoms with Crippen LogP contribution < -0.4 is 0 Å². The summed E-state index contributed by atoms with van der Waals surface area (Å²) in [5, 5.41) is 0. The SMILES string of the molecule is CC(=O)N1CCC2(CC1)CC(C)CO2. The first kappa shape index (κ1) is 9.97. The third kappa shape index (κ3) is 1.78. The fraction of sp³-hybridized carbons (Fsp3) is 0.909. The summed E-state index contributed by atoms with van der Waals surface area (Å²) in [5.74, 6) is 0.893. The minimum Gasteiger partial charge on any atom is -0.375 e. The maximum atomic E-state index is 11.2. The van der Waals surface area contributed by atoms with Crippen molar-refractivity contribution in [3.8, 4) is 0 Å². The second-order valence-electron chi connectivity index (χ2n) is 4.81. The van der Waals surface area contributed by atoms with Crippen LogP contribution in [-0.4, -0.2) is 36.1 Å². The van der Waals surface area contributed by atoms with Crippen molar-refractivity contribution in [2.24, 2.45) is 5.92 Å². The molecule has 2 rings (SSSR count). The molecule has 2 fully saturated rings. The molecule has 14 heavy (non-hydrogen) atoms. The molecule has 0 aromatic rings. The van der Waals surface area contributed by atoms with Crippen molar-refractivity contribution >= 4 is 5.91 Å². The Morgan fingerprint density at radius 2 is 2.07 bits per heavy atom. The predicted octanol–water partition coefficient (Wildman–Crippen LogP) is 1.42. The third-order valence-corrected chi connectivity index (χ3v) is 3.51. The van der Waals surface area contributed by atoms with Crippen LogP contribution in [0.2, 0.25) is 0 Å². The molecular weight excluding hydrogens is 178 g/mol. The Labute approximate surface area is 85.4 Å². The molecule has 1 unspecified atom stereocenters. The first-order valence-electron chi connectivity index (χ1n) is 5.51. The van der Waals surface area contributed by atoms with E-state index >= 15 is 0 Å². The van der Waals surface area contributed by atoms with E-state index < -0.39 is 0 Å². The topological polar surface area (TPSA) is 29.5 Å². The molecule has 80 valence electrons. The van der Waals surface area contributed by atoms with Gasteiger partial charge in [-0.1, -0.05) is 6.92 Å². The quantitative estimate of drug-likeness (QED) is 0.588. The van der Waals surface area contributed by atoms with Crippen molar-refractivity contribution in [1.82, 2.24) is 4.90 Å². The zero-order valence-corrected chi connectivity index (χ0v) is 9.08. The molecule has 0 radical (unpaired) electrons. The highest BCUT2D eigenvalue weighted by molar-refractivity contribution is 5.73. The average Bonchev–Trinajstić information content (AvgIpc) is 2.48. The van der Waals surface area contributed by atoms with Gasteiger partial charge in [0, 0.05) is 26.6 Å². The van der Waals surface area contributed by atoms with Crippen molar-refractivity contribution < 1.29 is 9.53 Å². The monoisotopic (exact) mass is 197 g/mol. The average molecular weight is 197 g/mol. The highest BCUT2D eigenvalue weighted by Crippen LogP contribution is 2.38. The van der Waals surface area contributed by atoms with E-state index in [1.807, 2.05) is 4.90 Å². The molecule has 3 heteroatoms. The number of rotatable bonds is 0. The Morgan fingerprint density at radius 3 is 2.50 bits per heavy atom. The van der Waals surface area contributed by atoms with Crippen molar-refractivity contribution in [3.05, 3.63) is 0 Å². The van der Waals surface area contributed by atoms with Gasteiger partial charge in [0.2, 0.25) is 5.91 Å². The Bertz CT molecular complexity index is 231. The van der Waals surface area contributed by atoms with Crippen molar-refractivity contribution in [1.29, 1.82) is 0 Å². The van der Waals surface area contributed by atoms with Gasteiger partial charge >= 0.3 is 0 Å². The van der Waals surface area contributed by atoms with E-state index in [0.717, 1.165) is 32.5 Å². The minimum atomic E-state index is 0.116. The molecule has 0 N–H and O–H groups in total. The van der Waals surface area contributed by atoms with E-state index in [1.54, 1.807) is 6.92 Å². The van der Waals surface area contributed by atoms with Gasteiger partial charge in [-0.05, 0) is 25.2 Å². The van der Waals surface area contributed by atoms with Gasteiger partial charge in [-0.15, -0.1) is 0 Å². The highest BCUT2D eigenvalue weighted by atomic mass is 16.5. The van der Waals surface area contributed by atoms with Crippen LogP contribution >= 0.6 is 0 Å². The lowest BCUT2D eigenvalue weighted by Gasteiger charge is -2.38. The fourth-order valence-corrected chi connectivity index (χ4v) is 2.65. The van der Waals surface area contributed by atoms with E-state index in [2.05, 4.69) is 6.92 Å². The number of ether oxygens (including phenoxy) is 1. The molecule has 1 spiro atoms. The zero-order valence-electron chi connectivity index (χ0n) is 9.08. The number of likely N-dealkylation sites (tertiary alicyclic amines) is 1. The summed E-state index contributed by atoms with van der Waals surface area (Å²) in [4.78, 5) is 13.1. The van der Waals surface area contributed by atoms with Gasteiger partial charge < -0.3 is 9.64 Å². The van der Waals surface area contributed by atoms with Crippen molar-refractivity contribution in [2.45, 2.75) is 38.7 Å². The van der Waals surface area contributed by atoms with Crippen molar-refractivity contribution in [2.75, 3.05) is 19.7 Å². The molecule has 2 aliphatic heterocycles. The Kier molecular flexibility index (Phi) is 2.52. The lowest BCUT2D eigenvalue weighted by atomic mass is 9.86. The lowest BCUT2D eigenvalue weighted by molar-refractivity contribution is -0.133. The summed E-state index contributed by atoms with van der Waals surface area (Å²) in [6.07, 6.45) is 3.23. The molecule has 0 aromatic heterocycles. The first-order chi connectivity index (χ1) is 6.61. The normalized spacial score (nSPS) is 31.0. The molecule has 0 aromatic carbocycles. The van der Waals surface area contributed by atoms with E-state index in [9.17, 15) is 4.79 Å². The summed E-state index contributed by atoms with van der Waals surface area (Å²) in [5.41, 5.74) is 0.116. The van der Waals surface area contributed by atoms with Gasteiger partial charge in [-0.3, -0.25) is 4.79 Å². The Balaban J connectivity index is 1.92. The summed E-state index contributed by atoms with van der Waals surface area (Å²) in [6, 6.07) is 0. The number of carbonyl (C=O) groups is 1. The number of hydrogen-bond acceptors (Lipinski definition) is 2. The molecule has 1 atom stereocenters. The zero-order chi connectivity index (χ0) is 10.2. The van der Waals surface area contributed by atoms with Crippen LogP contribution in [0.3, 0.4) is 0 Å². The fourth-order valence-electron chi connectivity index (χ4n) is 2.65. The van der Waals surface area contributed by atoms with Crippen LogP contribution in [0.15, 0.2) is 0 Å². The van der Waals surface area contributed by atoms with Crippen LogP contribution in [0, 0.1) is 5.92 Å². The van der Waals surface area contributed by atoms with E-state index in [4.69, 9.17) is 4.74 Å². The molecule has 2 heterocycles. The standard InChI is InChI=1S/C11H19NO2/c1-9-7-11(14-8-9)3-5-12(6-4-11)10(2)13/h9H,3-8H2,1-2H3. The van der Waals surface area contributed by atoms with Crippen LogP contribution in [0.4, 0.5) is 0 Å². The number of piperidine rings is 1. The number of amides is 1. The maximum Gasteiger partial charge on any atom is 0.219 e. The van der Waals surface area contributed by atoms with Crippen LogP contribution in [0.25, 0.3) is 0 Å². The summed E-state index contributed by atoms with van der Waals surface area (Å²) >= 11 is 0. The van der Waals surface area contributed by atoms with Crippen LogP contribution in [0.5, 0.6) is 0 Å². The van der Waals surface area contributed by atoms with Gasteiger partial charge in [-0.25, -0.2) is 0 Å². The number of carbonyl (C=O) groups excluding carboxylic acids is 1. The van der Waals surface area contributed by atoms with Gasteiger partial charge in [-0.2, -0.15) is 0 Å². The molecule has 0 aliphatic carbocycles. The second-order valence-corrected chi connectivity index (χ2v) is 4.81. The second kappa shape index (κ2) is 3.54. The Hall–Kier alpha value is -0.570. The van der Waals surface area contributed by atoms with E-state index in [0.29, 0.717) is 5.92 Å². The van der Waals surface area contributed by atoms with Gasteiger partial charge in [0.15, 0.2) is 0 Å². The van der Waals surface area contributed by atoms with Gasteiger partial charge in [0.25, 0.3) is 0 Å². The summed E-state index contributed by atoms with van der Waals surface area (Å²) in [6.45, 7) is 6.55. The molecule has 3 nitrogen and oxygen atoms in total. The summed E-state index contributed by atoms with van der Waals surface area (Å²) in [7, 11) is 0. The number of nitrogens with zero attached hydrogens (tertiary/aromatic N) is 1. The van der Waals surface area contributed by atoms with Crippen LogP contribution in [-0.2, 0) is 9.53 Å². The first-order valence-corrected chi connectivity index (χ1v) is 5.51. The summed E-state index contributed by atoms with van der Waals surface area (Å²) < 4.78 is 5.88. The molecule has 2 saturated heterocycles. The maximum absolute atomic E-state index is 11.2. The number of hydrogen-bond donors (Lipinski definition) is 0. The van der Waals surface area contributed by atoms with E-state index in [1.165, 1.54) is 6.42 Å². The largest absolute Gasteiger partial charge is 0.375 e. The lowest BCUT2D eigenvalue weighted by Crippen LogP contribution is -2.45. The smallest absolute Gasteiger partial charge is 0.219 e. The van der Waals surface area contributed by atoms with Crippen molar-refractivity contribution in [3.63, 3.8) is 0 Å². The van der Waals surface area contributed by atoms with Gasteiger partial charge in [0.1, 0.15) is 0 Å². The predicted molar refractivity (Wildman–Crippen MR) is 54.0 cm³/mol. The van der Waals surface area contributed by atoms with Crippen LogP contribution in [0.1, 0.15) is 33.1 Å². The van der Waals surface area contributed by atoms with Gasteiger partial charge in [0.05, 0.1) is 5.60 Å². The third-order valence-electron chi connectivity index (χ3n) is 3.51. The molecule has 2 aliphatic rings. The minimum absolute atomic E-state index is 0.116. The molecule has 0 bridgehead atoms.